The van der Waals surface area contributed by atoms with Gasteiger partial charge in [0.05, 0.1) is 32.3 Å². The van der Waals surface area contributed by atoms with Gasteiger partial charge in [-0.05, 0) is 24.6 Å². The van der Waals surface area contributed by atoms with Crippen LogP contribution in [0.5, 0.6) is 11.5 Å². The van der Waals surface area contributed by atoms with Gasteiger partial charge in [0.25, 0.3) is 0 Å². The summed E-state index contributed by atoms with van der Waals surface area (Å²) < 4.78 is 10.6. The molecule has 1 amide bonds. The summed E-state index contributed by atoms with van der Waals surface area (Å²) in [4.78, 5) is 11.9. The summed E-state index contributed by atoms with van der Waals surface area (Å²) in [6, 6.07) is 5.60. The number of hydrazone groups is 1. The van der Waals surface area contributed by atoms with Gasteiger partial charge in [-0.1, -0.05) is 39.0 Å². The van der Waals surface area contributed by atoms with Crippen LogP contribution in [-0.2, 0) is 4.79 Å². The second kappa shape index (κ2) is 11.8. The Morgan fingerprint density at radius 1 is 1.14 bits per heavy atom. The number of hydrogen-bond acceptors (Lipinski definition) is 5. The highest BCUT2D eigenvalue weighted by Gasteiger charge is 2.10. The fraction of sp³-hybridized carbons (Fsp3) is 0.476. The molecule has 0 fully saturated rings. The van der Waals surface area contributed by atoms with Crippen LogP contribution < -0.4 is 14.9 Å². The van der Waals surface area contributed by atoms with E-state index in [1.165, 1.54) is 25.7 Å². The SMILES string of the molecule is CCCCCCCCC(=O)N/N=C/c1cn[nH]c1-c1ccc(OC)c(OC)c1. The number of amides is 1. The molecule has 0 aliphatic heterocycles. The van der Waals surface area contributed by atoms with E-state index < -0.39 is 0 Å². The number of unbranched alkanes of at least 4 members (excludes halogenated alkanes) is 5. The predicted octanol–water partition coefficient (Wildman–Crippen LogP) is 4.29. The van der Waals surface area contributed by atoms with Crippen LogP contribution in [0.4, 0.5) is 0 Å². The standard InChI is InChI=1S/C21H30N4O3/c1-4-5-6-7-8-9-10-20(26)24-22-14-17-15-23-25-21(17)16-11-12-18(27-2)19(13-16)28-3/h11-15H,4-10H2,1-3H3,(H,23,25)(H,24,26)/b22-14+. The molecular formula is C21H30N4O3. The van der Waals surface area contributed by atoms with Gasteiger partial charge in [0.1, 0.15) is 0 Å². The van der Waals surface area contributed by atoms with E-state index in [9.17, 15) is 4.79 Å². The zero-order valence-corrected chi connectivity index (χ0v) is 17.0. The van der Waals surface area contributed by atoms with Crippen molar-refractivity contribution in [2.24, 2.45) is 5.10 Å². The Balaban J connectivity index is 1.89. The highest BCUT2D eigenvalue weighted by atomic mass is 16.5. The Kier molecular flexibility index (Phi) is 9.04. The van der Waals surface area contributed by atoms with Crippen molar-refractivity contribution in [1.82, 2.24) is 15.6 Å². The molecule has 7 nitrogen and oxygen atoms in total. The highest BCUT2D eigenvalue weighted by Crippen LogP contribution is 2.32. The van der Waals surface area contributed by atoms with E-state index in [1.807, 2.05) is 18.2 Å². The zero-order valence-electron chi connectivity index (χ0n) is 17.0. The van der Waals surface area contributed by atoms with E-state index >= 15 is 0 Å². The Labute approximate surface area is 166 Å². The Hall–Kier alpha value is -2.83. The maximum atomic E-state index is 11.9. The van der Waals surface area contributed by atoms with Gasteiger partial charge >= 0.3 is 0 Å². The van der Waals surface area contributed by atoms with E-state index in [-0.39, 0.29) is 5.91 Å². The number of nitrogens with zero attached hydrogens (tertiary/aromatic N) is 2. The molecule has 0 atom stereocenters. The second-order valence-corrected chi connectivity index (χ2v) is 6.58. The number of rotatable bonds is 12. The molecule has 1 aromatic carbocycles. The molecule has 1 heterocycles. The van der Waals surface area contributed by atoms with Gasteiger partial charge < -0.3 is 9.47 Å². The second-order valence-electron chi connectivity index (χ2n) is 6.58. The van der Waals surface area contributed by atoms with Gasteiger partial charge in [-0.25, -0.2) is 5.43 Å². The molecule has 7 heteroatoms. The van der Waals surface area contributed by atoms with Crippen LogP contribution in [-0.4, -0.2) is 36.5 Å². The van der Waals surface area contributed by atoms with Gasteiger partial charge in [0.15, 0.2) is 11.5 Å². The number of methoxy groups -OCH3 is 2. The van der Waals surface area contributed by atoms with Gasteiger partial charge in [0, 0.05) is 17.5 Å². The minimum atomic E-state index is -0.0668. The number of carbonyl (C=O) groups excluding carboxylic acids is 1. The van der Waals surface area contributed by atoms with Crippen molar-refractivity contribution >= 4 is 12.1 Å². The maximum absolute atomic E-state index is 11.9. The molecule has 0 aliphatic rings. The lowest BCUT2D eigenvalue weighted by molar-refractivity contribution is -0.121. The average Bonchev–Trinajstić information content (AvgIpc) is 3.18. The lowest BCUT2D eigenvalue weighted by Crippen LogP contribution is -2.16. The third-order valence-corrected chi connectivity index (χ3v) is 4.49. The number of hydrogen-bond donors (Lipinski definition) is 2. The predicted molar refractivity (Wildman–Crippen MR) is 111 cm³/mol. The van der Waals surface area contributed by atoms with Crippen molar-refractivity contribution in [3.63, 3.8) is 0 Å². The van der Waals surface area contributed by atoms with E-state index in [2.05, 4.69) is 27.6 Å². The van der Waals surface area contributed by atoms with Crippen molar-refractivity contribution in [2.75, 3.05) is 14.2 Å². The summed E-state index contributed by atoms with van der Waals surface area (Å²) in [5.41, 5.74) is 5.03. The molecule has 0 spiro atoms. The van der Waals surface area contributed by atoms with E-state index in [1.54, 1.807) is 26.6 Å². The van der Waals surface area contributed by atoms with Gasteiger partial charge in [-0.3, -0.25) is 9.89 Å². The maximum Gasteiger partial charge on any atom is 0.240 e. The quantitative estimate of drug-likeness (QED) is 0.323. The summed E-state index contributed by atoms with van der Waals surface area (Å²) in [6.45, 7) is 2.20. The molecule has 152 valence electrons. The summed E-state index contributed by atoms with van der Waals surface area (Å²) >= 11 is 0. The monoisotopic (exact) mass is 386 g/mol. The first-order chi connectivity index (χ1) is 13.7. The molecule has 2 aromatic rings. The number of aromatic amines is 1. The van der Waals surface area contributed by atoms with Crippen molar-refractivity contribution in [3.05, 3.63) is 30.0 Å². The Morgan fingerprint density at radius 3 is 2.64 bits per heavy atom. The molecule has 0 saturated carbocycles. The average molecular weight is 386 g/mol. The summed E-state index contributed by atoms with van der Waals surface area (Å²) in [5, 5.41) is 11.1. The molecule has 0 saturated heterocycles. The van der Waals surface area contributed by atoms with Crippen molar-refractivity contribution in [2.45, 2.75) is 51.9 Å². The molecular weight excluding hydrogens is 356 g/mol. The number of H-pyrrole nitrogens is 1. The van der Waals surface area contributed by atoms with Crippen LogP contribution in [0.15, 0.2) is 29.5 Å². The van der Waals surface area contributed by atoms with Crippen LogP contribution in [0.25, 0.3) is 11.3 Å². The first kappa shape index (κ1) is 21.5. The molecule has 2 N–H and O–H groups in total. The molecule has 0 aliphatic carbocycles. The summed E-state index contributed by atoms with van der Waals surface area (Å²) in [7, 11) is 3.19. The topological polar surface area (TPSA) is 88.6 Å². The van der Waals surface area contributed by atoms with Crippen molar-refractivity contribution < 1.29 is 14.3 Å². The number of carbonyl (C=O) groups is 1. The van der Waals surface area contributed by atoms with Crippen LogP contribution in [0, 0.1) is 0 Å². The molecule has 28 heavy (non-hydrogen) atoms. The van der Waals surface area contributed by atoms with Crippen LogP contribution in [0.3, 0.4) is 0 Å². The van der Waals surface area contributed by atoms with E-state index in [0.29, 0.717) is 17.9 Å². The number of benzene rings is 1. The number of aromatic nitrogens is 2. The van der Waals surface area contributed by atoms with Gasteiger partial charge in [-0.2, -0.15) is 10.2 Å². The highest BCUT2D eigenvalue weighted by molar-refractivity contribution is 5.89. The molecule has 0 bridgehead atoms. The first-order valence-corrected chi connectivity index (χ1v) is 9.77. The van der Waals surface area contributed by atoms with Gasteiger partial charge in [0.2, 0.25) is 5.91 Å². The summed E-state index contributed by atoms with van der Waals surface area (Å²) in [6.07, 6.45) is 10.7. The Bertz CT molecular complexity index is 771. The normalized spacial score (nSPS) is 11.0. The molecule has 0 unspecified atom stereocenters. The molecule has 1 aromatic heterocycles. The Morgan fingerprint density at radius 2 is 1.89 bits per heavy atom. The third-order valence-electron chi connectivity index (χ3n) is 4.49. The number of nitrogens with one attached hydrogen (secondary N) is 2. The lowest BCUT2D eigenvalue weighted by Gasteiger charge is -2.09. The van der Waals surface area contributed by atoms with Gasteiger partial charge in [-0.15, -0.1) is 0 Å². The minimum Gasteiger partial charge on any atom is -0.493 e. The fourth-order valence-electron chi connectivity index (χ4n) is 2.91. The van der Waals surface area contributed by atoms with Crippen LogP contribution >= 0.6 is 0 Å². The molecule has 0 radical (unpaired) electrons. The first-order valence-electron chi connectivity index (χ1n) is 9.77. The minimum absolute atomic E-state index is 0.0668. The van der Waals surface area contributed by atoms with Crippen LogP contribution in [0.1, 0.15) is 57.4 Å². The molecule has 2 rings (SSSR count). The van der Waals surface area contributed by atoms with Crippen molar-refractivity contribution in [3.8, 4) is 22.8 Å². The van der Waals surface area contributed by atoms with E-state index in [0.717, 1.165) is 29.7 Å². The van der Waals surface area contributed by atoms with Crippen LogP contribution in [0.2, 0.25) is 0 Å². The smallest absolute Gasteiger partial charge is 0.240 e. The summed E-state index contributed by atoms with van der Waals surface area (Å²) in [5.74, 6) is 1.22. The number of ether oxygens (including phenoxy) is 2. The zero-order chi connectivity index (χ0) is 20.2. The van der Waals surface area contributed by atoms with Crippen molar-refractivity contribution in [1.29, 1.82) is 0 Å². The lowest BCUT2D eigenvalue weighted by atomic mass is 10.1. The van der Waals surface area contributed by atoms with E-state index in [4.69, 9.17) is 9.47 Å². The third kappa shape index (κ3) is 6.40. The fourth-order valence-corrected chi connectivity index (χ4v) is 2.91. The largest absolute Gasteiger partial charge is 0.493 e.